The molecule has 0 aromatic rings. The van der Waals surface area contributed by atoms with Crippen LogP contribution in [0.3, 0.4) is 0 Å². The molecule has 0 spiro atoms. The van der Waals surface area contributed by atoms with E-state index < -0.39 is 26.6 Å². The lowest BCUT2D eigenvalue weighted by Crippen LogP contribution is -2.47. The van der Waals surface area contributed by atoms with Crippen LogP contribution in [-0.2, 0) is 27.9 Å². The molecule has 3 atom stereocenters. The van der Waals surface area contributed by atoms with E-state index in [0.717, 1.165) is 109 Å². The van der Waals surface area contributed by atoms with Crippen molar-refractivity contribution in [3.8, 4) is 0 Å². The SMILES string of the molecule is CC/C=C\C/C=C\C/C=C\C/C=C\C/C=C\CCCCCCCCCCCC(=O)OC(/C=C/CCCCCCCCCCCCC)C(COP(=O)([O-])OCC[N+](C)(C)C)NC(=O)CCCCCCCCCCCCCCCCC/C=C\C/C=C\CCCCC. The highest BCUT2D eigenvalue weighted by atomic mass is 31.2. The summed E-state index contributed by atoms with van der Waals surface area (Å²) in [6, 6.07) is -0.897. The van der Waals surface area contributed by atoms with Crippen LogP contribution in [0.4, 0.5) is 0 Å². The minimum absolute atomic E-state index is 0.0258. The van der Waals surface area contributed by atoms with Crippen molar-refractivity contribution in [2.24, 2.45) is 0 Å². The monoisotopic (exact) mass is 1260 g/mol. The number of likely N-dealkylation sites (N-methyl/N-ethyl adjacent to an activating group) is 1. The fraction of sp³-hybridized carbons (Fsp3) is 0.772. The number of rotatable bonds is 68. The Morgan fingerprint density at radius 2 is 0.719 bits per heavy atom. The zero-order valence-corrected chi connectivity index (χ0v) is 60.0. The Kier molecular flexibility index (Phi) is 65.5. The van der Waals surface area contributed by atoms with Crippen LogP contribution in [0.1, 0.15) is 342 Å². The van der Waals surface area contributed by atoms with E-state index in [9.17, 15) is 19.0 Å². The second kappa shape index (κ2) is 67.8. The van der Waals surface area contributed by atoms with E-state index in [-0.39, 0.29) is 24.9 Å². The lowest BCUT2D eigenvalue weighted by molar-refractivity contribution is -0.870. The van der Waals surface area contributed by atoms with Crippen LogP contribution in [0.15, 0.2) is 97.2 Å². The number of hydrogen-bond donors (Lipinski definition) is 1. The summed E-state index contributed by atoms with van der Waals surface area (Å²) < 4.78 is 30.5. The fourth-order valence-corrected chi connectivity index (χ4v) is 11.5. The summed E-state index contributed by atoms with van der Waals surface area (Å²) in [5.74, 6) is -0.540. The zero-order valence-electron chi connectivity index (χ0n) is 59.1. The first-order chi connectivity index (χ1) is 43.4. The van der Waals surface area contributed by atoms with Gasteiger partial charge >= 0.3 is 5.97 Å². The van der Waals surface area contributed by atoms with Crippen LogP contribution in [0, 0.1) is 0 Å². The molecule has 0 fully saturated rings. The Bertz CT molecular complexity index is 1840. The van der Waals surface area contributed by atoms with Gasteiger partial charge in [-0.25, -0.2) is 0 Å². The molecule has 0 saturated heterocycles. The van der Waals surface area contributed by atoms with Crippen LogP contribution in [0.2, 0.25) is 0 Å². The van der Waals surface area contributed by atoms with Crippen molar-refractivity contribution in [1.82, 2.24) is 5.32 Å². The highest BCUT2D eigenvalue weighted by Crippen LogP contribution is 2.38. The first-order valence-corrected chi connectivity index (χ1v) is 39.0. The van der Waals surface area contributed by atoms with Crippen molar-refractivity contribution in [1.29, 1.82) is 0 Å². The molecule has 0 radical (unpaired) electrons. The molecule has 0 aliphatic heterocycles. The number of carbonyl (C=O) groups excluding carboxylic acids is 2. The summed E-state index contributed by atoms with van der Waals surface area (Å²) in [5.41, 5.74) is 0. The molecule has 516 valence electrons. The maximum Gasteiger partial charge on any atom is 0.306 e. The Labute approximate surface area is 551 Å². The Morgan fingerprint density at radius 1 is 0.404 bits per heavy atom. The van der Waals surface area contributed by atoms with Gasteiger partial charge in [-0.3, -0.25) is 14.2 Å². The first kappa shape index (κ1) is 85.9. The lowest BCUT2D eigenvalue weighted by atomic mass is 10.0. The van der Waals surface area contributed by atoms with Crippen molar-refractivity contribution in [2.75, 3.05) is 40.9 Å². The maximum absolute atomic E-state index is 13.6. The number of ether oxygens (including phenoxy) is 1. The zero-order chi connectivity index (χ0) is 64.9. The fourth-order valence-electron chi connectivity index (χ4n) is 10.8. The van der Waals surface area contributed by atoms with Gasteiger partial charge in [-0.15, -0.1) is 0 Å². The summed E-state index contributed by atoms with van der Waals surface area (Å²) >= 11 is 0. The number of quaternary nitrogens is 1. The maximum atomic E-state index is 13.6. The van der Waals surface area contributed by atoms with Crippen LogP contribution in [0.25, 0.3) is 0 Å². The van der Waals surface area contributed by atoms with Gasteiger partial charge in [0.2, 0.25) is 5.91 Å². The van der Waals surface area contributed by atoms with Gasteiger partial charge in [0.05, 0.1) is 33.8 Å². The summed E-state index contributed by atoms with van der Waals surface area (Å²) in [6.07, 6.45) is 92.5. The number of nitrogens with one attached hydrogen (secondary N) is 1. The second-order valence-corrected chi connectivity index (χ2v) is 27.8. The highest BCUT2D eigenvalue weighted by molar-refractivity contribution is 7.45. The van der Waals surface area contributed by atoms with Crippen molar-refractivity contribution >= 4 is 19.7 Å². The lowest BCUT2D eigenvalue weighted by Gasteiger charge is -2.30. The van der Waals surface area contributed by atoms with Crippen molar-refractivity contribution < 1.29 is 37.3 Å². The van der Waals surface area contributed by atoms with Crippen LogP contribution >= 0.6 is 7.82 Å². The number of unbranched alkanes of at least 4 members (excludes halogenated alkanes) is 38. The molecule has 9 nitrogen and oxygen atoms in total. The van der Waals surface area contributed by atoms with Crippen LogP contribution in [-0.4, -0.2) is 69.4 Å². The van der Waals surface area contributed by atoms with E-state index in [1.165, 1.54) is 199 Å². The third-order valence-electron chi connectivity index (χ3n) is 16.5. The van der Waals surface area contributed by atoms with Gasteiger partial charge in [0.15, 0.2) is 0 Å². The molecule has 1 N–H and O–H groups in total. The van der Waals surface area contributed by atoms with Gasteiger partial charge in [-0.2, -0.15) is 0 Å². The molecular weight excluding hydrogens is 1120 g/mol. The van der Waals surface area contributed by atoms with Gasteiger partial charge in [0.1, 0.15) is 19.3 Å². The van der Waals surface area contributed by atoms with Crippen molar-refractivity contribution in [3.05, 3.63) is 97.2 Å². The normalized spacial score (nSPS) is 14.0. The number of phosphoric ester groups is 1. The quantitative estimate of drug-likeness (QED) is 0.0212. The Hall–Kier alpha value is -3.07. The van der Waals surface area contributed by atoms with E-state index in [0.29, 0.717) is 17.4 Å². The van der Waals surface area contributed by atoms with E-state index in [1.54, 1.807) is 0 Å². The summed E-state index contributed by atoms with van der Waals surface area (Å²) in [4.78, 5) is 40.3. The smallest absolute Gasteiger partial charge is 0.306 e. The minimum atomic E-state index is -4.71. The molecule has 10 heteroatoms. The Morgan fingerprint density at radius 3 is 1.10 bits per heavy atom. The molecule has 0 bridgehead atoms. The third-order valence-corrected chi connectivity index (χ3v) is 17.5. The average Bonchev–Trinajstić information content (AvgIpc) is 3.54. The van der Waals surface area contributed by atoms with Crippen molar-refractivity contribution in [3.63, 3.8) is 0 Å². The van der Waals surface area contributed by atoms with Gasteiger partial charge in [0.25, 0.3) is 7.82 Å². The van der Waals surface area contributed by atoms with E-state index >= 15 is 0 Å². The molecule has 0 heterocycles. The third kappa shape index (κ3) is 69.1. The highest BCUT2D eigenvalue weighted by Gasteiger charge is 2.27. The first-order valence-electron chi connectivity index (χ1n) is 37.5. The number of amides is 1. The molecule has 1 amide bonds. The summed E-state index contributed by atoms with van der Waals surface area (Å²) in [5, 5.41) is 3.05. The number of hydrogen-bond acceptors (Lipinski definition) is 7. The van der Waals surface area contributed by atoms with Gasteiger partial charge < -0.3 is 28.5 Å². The summed E-state index contributed by atoms with van der Waals surface area (Å²) in [6.45, 7) is 6.74. The molecule has 0 aliphatic rings. The number of nitrogens with zero attached hydrogens (tertiary/aromatic N) is 1. The van der Waals surface area contributed by atoms with E-state index in [4.69, 9.17) is 13.8 Å². The Balaban J connectivity index is 5.05. The van der Waals surface area contributed by atoms with Crippen molar-refractivity contribution in [2.45, 2.75) is 354 Å². The number of esters is 1. The summed E-state index contributed by atoms with van der Waals surface area (Å²) in [7, 11) is 1.18. The molecule has 89 heavy (non-hydrogen) atoms. The van der Waals surface area contributed by atoms with Gasteiger partial charge in [-0.1, -0.05) is 317 Å². The predicted octanol–water partition coefficient (Wildman–Crippen LogP) is 23.6. The van der Waals surface area contributed by atoms with E-state index in [1.807, 2.05) is 33.3 Å². The molecule has 3 unspecified atom stereocenters. The van der Waals surface area contributed by atoms with Gasteiger partial charge in [0, 0.05) is 12.8 Å². The minimum Gasteiger partial charge on any atom is -0.756 e. The molecule has 0 aromatic heterocycles. The number of phosphoric acid groups is 1. The molecule has 0 aliphatic carbocycles. The van der Waals surface area contributed by atoms with E-state index in [2.05, 4.69) is 111 Å². The van der Waals surface area contributed by atoms with Crippen LogP contribution < -0.4 is 10.2 Å². The van der Waals surface area contributed by atoms with Gasteiger partial charge in [-0.05, 0) is 109 Å². The average molecular weight is 1260 g/mol. The number of carbonyl (C=O) groups is 2. The molecule has 0 saturated carbocycles. The van der Waals surface area contributed by atoms with Crippen LogP contribution in [0.5, 0.6) is 0 Å². The largest absolute Gasteiger partial charge is 0.756 e. The standard InChI is InChI=1S/C79H143N2O7P/c1-7-10-13-16-19-22-25-28-30-32-34-36-38-40-42-44-46-48-50-53-56-59-62-65-68-71-78(82)80-76(75-87-89(84,85)86-74-73-81(4,5)6)77(70-67-64-61-58-55-52-27-24-21-18-15-12-9-3)88-79(83)72-69-66-63-60-57-54-51-49-47-45-43-41-39-37-35-33-31-29-26-23-20-17-14-11-8-2/h11,14,19-20,22-23,28-31,35,37,41,43,67,70,76-77H,7-10,12-13,15-18,21,24-27,32-34,36,38-40,42,44-66,68-69,71-75H2,1-6H3,(H-,80,82,84,85)/b14-11-,22-19-,23-20-,30-28-,31-29-,37-35-,43-41-,70-67+. The molecular formula is C79H143N2O7P. The predicted molar refractivity (Wildman–Crippen MR) is 385 cm³/mol. The topological polar surface area (TPSA) is 114 Å². The second-order valence-electron chi connectivity index (χ2n) is 26.4. The number of allylic oxidation sites excluding steroid dienone is 15. The molecule has 0 aromatic carbocycles. The molecule has 0 rings (SSSR count).